The average molecular weight is 284 g/mol. The predicted molar refractivity (Wildman–Crippen MR) is 78.0 cm³/mol. The molecule has 108 valence electrons. The molecule has 1 unspecified atom stereocenters. The Bertz CT molecular complexity index is 755. The first-order valence-electron chi connectivity index (χ1n) is 6.75. The maximum Gasteiger partial charge on any atom is 0.276 e. The van der Waals surface area contributed by atoms with Crippen molar-refractivity contribution < 1.29 is 13.7 Å². The van der Waals surface area contributed by atoms with Gasteiger partial charge in [0, 0.05) is 18.5 Å². The molecule has 0 aliphatic heterocycles. The van der Waals surface area contributed by atoms with Gasteiger partial charge in [-0.25, -0.2) is 0 Å². The summed E-state index contributed by atoms with van der Waals surface area (Å²) in [4.78, 5) is 13.9. The molecule has 5 nitrogen and oxygen atoms in total. The molecule has 1 amide bonds. The highest BCUT2D eigenvalue weighted by Crippen LogP contribution is 2.27. The SMILES string of the molecule is Cc1cc(C(=O)N(C)C(C)c2cc3ccccc3o2)no1. The van der Waals surface area contributed by atoms with Gasteiger partial charge in [-0.1, -0.05) is 23.4 Å². The number of hydrogen-bond donors (Lipinski definition) is 0. The van der Waals surface area contributed by atoms with Crippen molar-refractivity contribution in [2.24, 2.45) is 0 Å². The lowest BCUT2D eigenvalue weighted by atomic mass is 10.2. The second-order valence-corrected chi connectivity index (χ2v) is 5.10. The van der Waals surface area contributed by atoms with Gasteiger partial charge < -0.3 is 13.8 Å². The van der Waals surface area contributed by atoms with E-state index in [1.54, 1.807) is 24.9 Å². The van der Waals surface area contributed by atoms with Gasteiger partial charge in [-0.15, -0.1) is 0 Å². The van der Waals surface area contributed by atoms with Crippen LogP contribution < -0.4 is 0 Å². The highest BCUT2D eigenvalue weighted by Gasteiger charge is 2.23. The first kappa shape index (κ1) is 13.4. The number of fused-ring (bicyclic) bond motifs is 1. The summed E-state index contributed by atoms with van der Waals surface area (Å²) >= 11 is 0. The summed E-state index contributed by atoms with van der Waals surface area (Å²) in [6.45, 7) is 3.68. The van der Waals surface area contributed by atoms with Gasteiger partial charge >= 0.3 is 0 Å². The molecule has 2 aromatic heterocycles. The van der Waals surface area contributed by atoms with E-state index in [1.165, 1.54) is 0 Å². The molecule has 3 rings (SSSR count). The van der Waals surface area contributed by atoms with Crippen LogP contribution in [0.2, 0.25) is 0 Å². The molecule has 21 heavy (non-hydrogen) atoms. The lowest BCUT2D eigenvalue weighted by molar-refractivity contribution is 0.0717. The molecule has 5 heteroatoms. The van der Waals surface area contributed by atoms with Gasteiger partial charge in [-0.2, -0.15) is 0 Å². The van der Waals surface area contributed by atoms with Crippen molar-refractivity contribution in [2.75, 3.05) is 7.05 Å². The minimum atomic E-state index is -0.195. The second kappa shape index (κ2) is 5.09. The largest absolute Gasteiger partial charge is 0.459 e. The van der Waals surface area contributed by atoms with Crippen molar-refractivity contribution in [1.29, 1.82) is 0 Å². The van der Waals surface area contributed by atoms with Gasteiger partial charge in [0.2, 0.25) is 0 Å². The number of furan rings is 1. The fourth-order valence-electron chi connectivity index (χ4n) is 2.22. The van der Waals surface area contributed by atoms with Crippen molar-refractivity contribution in [3.8, 4) is 0 Å². The molecular formula is C16H16N2O3. The summed E-state index contributed by atoms with van der Waals surface area (Å²) in [5.41, 5.74) is 1.12. The zero-order chi connectivity index (χ0) is 15.0. The highest BCUT2D eigenvalue weighted by molar-refractivity contribution is 5.92. The van der Waals surface area contributed by atoms with Crippen molar-refractivity contribution in [3.63, 3.8) is 0 Å². The number of aryl methyl sites for hydroxylation is 1. The van der Waals surface area contributed by atoms with Crippen molar-refractivity contribution >= 4 is 16.9 Å². The van der Waals surface area contributed by atoms with Crippen molar-refractivity contribution in [2.45, 2.75) is 19.9 Å². The Balaban J connectivity index is 1.86. The third-order valence-electron chi connectivity index (χ3n) is 3.60. The number of rotatable bonds is 3. The molecule has 0 saturated carbocycles. The minimum absolute atomic E-state index is 0.193. The van der Waals surface area contributed by atoms with E-state index < -0.39 is 0 Å². The molecule has 0 fully saturated rings. The van der Waals surface area contributed by atoms with E-state index in [2.05, 4.69) is 5.16 Å². The van der Waals surface area contributed by atoms with Crippen LogP contribution in [0.15, 0.2) is 45.3 Å². The fraction of sp³-hybridized carbons (Fsp3) is 0.250. The van der Waals surface area contributed by atoms with Gasteiger partial charge in [0.15, 0.2) is 5.69 Å². The number of hydrogen-bond acceptors (Lipinski definition) is 4. The smallest absolute Gasteiger partial charge is 0.276 e. The molecule has 0 saturated heterocycles. The number of aromatic nitrogens is 1. The second-order valence-electron chi connectivity index (χ2n) is 5.10. The fourth-order valence-corrected chi connectivity index (χ4v) is 2.22. The molecule has 0 N–H and O–H groups in total. The van der Waals surface area contributed by atoms with Crippen molar-refractivity contribution in [3.05, 3.63) is 53.6 Å². The standard InChI is InChI=1S/C16H16N2O3/c1-10-8-13(17-21-10)16(19)18(3)11(2)15-9-12-6-4-5-7-14(12)20-15/h4-9,11H,1-3H3. The molecule has 3 aromatic rings. The zero-order valence-electron chi connectivity index (χ0n) is 12.2. The lowest BCUT2D eigenvalue weighted by Gasteiger charge is -2.22. The topological polar surface area (TPSA) is 59.5 Å². The molecule has 0 aliphatic rings. The highest BCUT2D eigenvalue weighted by atomic mass is 16.5. The zero-order valence-corrected chi connectivity index (χ0v) is 12.2. The molecule has 0 bridgehead atoms. The van der Waals surface area contributed by atoms with Gasteiger partial charge in [-0.05, 0) is 26.0 Å². The quantitative estimate of drug-likeness (QED) is 0.737. The summed E-state index contributed by atoms with van der Waals surface area (Å²) in [7, 11) is 1.73. The maximum atomic E-state index is 12.3. The Morgan fingerprint density at radius 2 is 2.05 bits per heavy atom. The average Bonchev–Trinajstić information content (AvgIpc) is 3.10. The lowest BCUT2D eigenvalue weighted by Crippen LogP contribution is -2.29. The maximum absolute atomic E-state index is 12.3. The Kier molecular flexibility index (Phi) is 3.25. The number of amides is 1. The van der Waals surface area contributed by atoms with Gasteiger partial charge in [0.05, 0.1) is 6.04 Å². The van der Waals surface area contributed by atoms with E-state index in [9.17, 15) is 4.79 Å². The Labute approximate surface area is 122 Å². The Hall–Kier alpha value is -2.56. The van der Waals surface area contributed by atoms with Crippen LogP contribution in [0.25, 0.3) is 11.0 Å². The summed E-state index contributed by atoms with van der Waals surface area (Å²) in [5, 5.41) is 4.78. The summed E-state index contributed by atoms with van der Waals surface area (Å²) < 4.78 is 10.8. The van der Waals surface area contributed by atoms with Gasteiger partial charge in [-0.3, -0.25) is 4.79 Å². The van der Waals surface area contributed by atoms with E-state index >= 15 is 0 Å². The first-order chi connectivity index (χ1) is 10.1. The summed E-state index contributed by atoms with van der Waals surface area (Å²) in [6, 6.07) is 11.2. The number of nitrogens with zero attached hydrogens (tertiary/aromatic N) is 2. The van der Waals surface area contributed by atoms with Crippen LogP contribution in [-0.2, 0) is 0 Å². The molecule has 0 aliphatic carbocycles. The Morgan fingerprint density at radius 1 is 1.29 bits per heavy atom. The normalized spacial score (nSPS) is 12.5. The van der Waals surface area contributed by atoms with E-state index in [0.29, 0.717) is 11.5 Å². The third-order valence-corrected chi connectivity index (χ3v) is 3.60. The van der Waals surface area contributed by atoms with E-state index in [4.69, 9.17) is 8.94 Å². The van der Waals surface area contributed by atoms with Crippen LogP contribution in [0, 0.1) is 6.92 Å². The molecule has 0 spiro atoms. The number of benzene rings is 1. The van der Waals surface area contributed by atoms with Crippen LogP contribution in [0.3, 0.4) is 0 Å². The van der Waals surface area contributed by atoms with Crippen LogP contribution in [0.4, 0.5) is 0 Å². The van der Waals surface area contributed by atoms with E-state index in [0.717, 1.165) is 16.7 Å². The van der Waals surface area contributed by atoms with Gasteiger partial charge in [0.1, 0.15) is 17.1 Å². The number of carbonyl (C=O) groups excluding carboxylic acids is 1. The molecule has 2 heterocycles. The number of carbonyl (C=O) groups is 1. The van der Waals surface area contributed by atoms with Crippen LogP contribution >= 0.6 is 0 Å². The van der Waals surface area contributed by atoms with Crippen LogP contribution in [0.1, 0.15) is 35.0 Å². The van der Waals surface area contributed by atoms with Crippen molar-refractivity contribution in [1.82, 2.24) is 10.1 Å². The third kappa shape index (κ3) is 2.42. The predicted octanol–water partition coefficient (Wildman–Crippen LogP) is 3.56. The molecule has 1 atom stereocenters. The van der Waals surface area contributed by atoms with Gasteiger partial charge in [0.25, 0.3) is 5.91 Å². The first-order valence-corrected chi connectivity index (χ1v) is 6.75. The number of para-hydroxylation sites is 1. The monoisotopic (exact) mass is 284 g/mol. The molecular weight excluding hydrogens is 268 g/mol. The van der Waals surface area contributed by atoms with Crippen LogP contribution in [-0.4, -0.2) is 23.0 Å². The summed E-state index contributed by atoms with van der Waals surface area (Å²) in [6.07, 6.45) is 0. The minimum Gasteiger partial charge on any atom is -0.459 e. The summed E-state index contributed by atoms with van der Waals surface area (Å²) in [5.74, 6) is 1.16. The Morgan fingerprint density at radius 3 is 2.71 bits per heavy atom. The molecule has 1 aromatic carbocycles. The van der Waals surface area contributed by atoms with Crippen LogP contribution in [0.5, 0.6) is 0 Å². The van der Waals surface area contributed by atoms with E-state index in [1.807, 2.05) is 37.3 Å². The van der Waals surface area contributed by atoms with E-state index in [-0.39, 0.29) is 11.9 Å². The molecule has 0 radical (unpaired) electrons.